The third kappa shape index (κ3) is 2.64. The Kier molecular flexibility index (Phi) is 3.44. The molecule has 0 radical (unpaired) electrons. The summed E-state index contributed by atoms with van der Waals surface area (Å²) in [5.41, 5.74) is 2.18. The van der Waals surface area contributed by atoms with Crippen LogP contribution in [0, 0.1) is 5.92 Å². The predicted octanol–water partition coefficient (Wildman–Crippen LogP) is 2.70. The number of hydrogen-bond donors (Lipinski definition) is 1. The summed E-state index contributed by atoms with van der Waals surface area (Å²) in [6.45, 7) is 7.70. The number of carboxylic acids is 1. The Hall–Kier alpha value is -1.55. The van der Waals surface area contributed by atoms with E-state index >= 15 is 0 Å². The number of para-hydroxylation sites is 1. The average molecular weight is 289 g/mol. The summed E-state index contributed by atoms with van der Waals surface area (Å²) >= 11 is 0. The molecule has 4 nitrogen and oxygen atoms in total. The fourth-order valence-electron chi connectivity index (χ4n) is 3.63. The van der Waals surface area contributed by atoms with E-state index in [0.717, 1.165) is 30.7 Å². The molecule has 0 aliphatic carbocycles. The number of likely N-dealkylation sites (tertiary alicyclic amines) is 1. The van der Waals surface area contributed by atoms with Crippen molar-refractivity contribution in [3.8, 4) is 5.75 Å². The minimum Gasteiger partial charge on any atom is -0.487 e. The van der Waals surface area contributed by atoms with Crippen LogP contribution in [0.25, 0.3) is 0 Å². The molecule has 0 spiro atoms. The van der Waals surface area contributed by atoms with Gasteiger partial charge in [0, 0.05) is 18.5 Å². The van der Waals surface area contributed by atoms with Gasteiger partial charge >= 0.3 is 5.97 Å². The number of rotatable bonds is 3. The fraction of sp³-hybridized carbons (Fsp3) is 0.588. The second-order valence-electron chi connectivity index (χ2n) is 6.96. The maximum Gasteiger partial charge on any atom is 0.321 e. The lowest BCUT2D eigenvalue weighted by molar-refractivity contribution is -0.143. The lowest BCUT2D eigenvalue weighted by Gasteiger charge is -2.24. The first-order chi connectivity index (χ1) is 9.87. The van der Waals surface area contributed by atoms with E-state index in [4.69, 9.17) is 4.74 Å². The molecule has 114 valence electrons. The number of benzene rings is 1. The molecule has 1 aromatic carbocycles. The van der Waals surface area contributed by atoms with Gasteiger partial charge < -0.3 is 9.84 Å². The van der Waals surface area contributed by atoms with Gasteiger partial charge in [-0.25, -0.2) is 0 Å². The van der Waals surface area contributed by atoms with E-state index in [1.165, 1.54) is 5.56 Å². The van der Waals surface area contributed by atoms with Crippen molar-refractivity contribution in [2.24, 2.45) is 5.92 Å². The van der Waals surface area contributed by atoms with Gasteiger partial charge in [-0.15, -0.1) is 0 Å². The molecule has 2 heterocycles. The van der Waals surface area contributed by atoms with Gasteiger partial charge in [-0.3, -0.25) is 9.69 Å². The smallest absolute Gasteiger partial charge is 0.321 e. The normalized spacial score (nSPS) is 27.4. The predicted molar refractivity (Wildman–Crippen MR) is 80.5 cm³/mol. The van der Waals surface area contributed by atoms with Crippen LogP contribution >= 0.6 is 0 Å². The summed E-state index contributed by atoms with van der Waals surface area (Å²) in [5.74, 6) is 0.455. The molecule has 1 aromatic rings. The maximum absolute atomic E-state index is 11.5. The molecule has 1 fully saturated rings. The molecule has 2 atom stereocenters. The van der Waals surface area contributed by atoms with Crippen molar-refractivity contribution >= 4 is 5.97 Å². The summed E-state index contributed by atoms with van der Waals surface area (Å²) in [4.78, 5) is 13.5. The lowest BCUT2D eigenvalue weighted by atomic mass is 10.00. The molecule has 1 saturated heterocycles. The summed E-state index contributed by atoms with van der Waals surface area (Å²) in [7, 11) is 0. The Morgan fingerprint density at radius 3 is 2.95 bits per heavy atom. The summed E-state index contributed by atoms with van der Waals surface area (Å²) in [6, 6.07) is 5.83. The Morgan fingerprint density at radius 2 is 2.24 bits per heavy atom. The topological polar surface area (TPSA) is 49.8 Å². The molecular weight excluding hydrogens is 266 g/mol. The number of carbonyl (C=O) groups is 1. The van der Waals surface area contributed by atoms with E-state index in [9.17, 15) is 9.90 Å². The highest BCUT2D eigenvalue weighted by molar-refractivity contribution is 5.74. The van der Waals surface area contributed by atoms with Gasteiger partial charge in [-0.1, -0.05) is 25.1 Å². The van der Waals surface area contributed by atoms with Gasteiger partial charge in [-0.2, -0.15) is 0 Å². The summed E-state index contributed by atoms with van der Waals surface area (Å²) in [6.07, 6.45) is 1.85. The van der Waals surface area contributed by atoms with Gasteiger partial charge in [0.15, 0.2) is 0 Å². The lowest BCUT2D eigenvalue weighted by Crippen LogP contribution is -2.38. The first-order valence-corrected chi connectivity index (χ1v) is 7.64. The zero-order valence-corrected chi connectivity index (χ0v) is 12.9. The number of nitrogens with zero attached hydrogens (tertiary/aromatic N) is 1. The number of carboxylic acid groups (broad SMARTS) is 1. The van der Waals surface area contributed by atoms with Crippen LogP contribution < -0.4 is 4.74 Å². The molecule has 2 aliphatic rings. The molecule has 21 heavy (non-hydrogen) atoms. The molecule has 1 N–H and O–H groups in total. The molecule has 0 aromatic heterocycles. The van der Waals surface area contributed by atoms with E-state index in [-0.39, 0.29) is 17.6 Å². The third-order valence-electron chi connectivity index (χ3n) is 4.60. The van der Waals surface area contributed by atoms with Gasteiger partial charge in [-0.05, 0) is 38.3 Å². The van der Waals surface area contributed by atoms with E-state index < -0.39 is 5.97 Å². The van der Waals surface area contributed by atoms with Crippen LogP contribution in [0.15, 0.2) is 18.2 Å². The third-order valence-corrected chi connectivity index (χ3v) is 4.60. The highest BCUT2D eigenvalue weighted by Crippen LogP contribution is 2.39. The number of aliphatic carboxylic acids is 1. The average Bonchev–Trinajstić information content (AvgIpc) is 2.89. The fourth-order valence-corrected chi connectivity index (χ4v) is 3.63. The molecular formula is C17H23NO3. The molecule has 3 rings (SSSR count). The standard InChI is InChI=1S/C17H23NO3/c1-11-7-8-18(14(11)16(19)20)10-13-6-4-5-12-9-17(2,3)21-15(12)13/h4-6,11,14H,7-10H2,1-3H3,(H,19,20). The zero-order valence-electron chi connectivity index (χ0n) is 12.9. The van der Waals surface area contributed by atoms with Crippen LogP contribution in [-0.4, -0.2) is 34.2 Å². The largest absolute Gasteiger partial charge is 0.487 e. The monoisotopic (exact) mass is 289 g/mol. The SMILES string of the molecule is CC1CCN(Cc2cccc3c2OC(C)(C)C3)C1C(=O)O. The van der Waals surface area contributed by atoms with Crippen LogP contribution in [0.5, 0.6) is 5.75 Å². The first-order valence-electron chi connectivity index (χ1n) is 7.64. The Balaban J connectivity index is 1.84. The van der Waals surface area contributed by atoms with E-state index in [0.29, 0.717) is 6.54 Å². The quantitative estimate of drug-likeness (QED) is 0.929. The van der Waals surface area contributed by atoms with Crippen molar-refractivity contribution < 1.29 is 14.6 Å². The summed E-state index contributed by atoms with van der Waals surface area (Å²) < 4.78 is 6.08. The van der Waals surface area contributed by atoms with E-state index in [1.54, 1.807) is 0 Å². The molecule has 2 unspecified atom stereocenters. The van der Waals surface area contributed by atoms with E-state index in [2.05, 4.69) is 30.9 Å². The van der Waals surface area contributed by atoms with Crippen LogP contribution in [0.2, 0.25) is 0 Å². The van der Waals surface area contributed by atoms with Crippen molar-refractivity contribution in [2.75, 3.05) is 6.54 Å². The van der Waals surface area contributed by atoms with E-state index in [1.807, 2.05) is 13.0 Å². The van der Waals surface area contributed by atoms with Crippen molar-refractivity contribution in [3.05, 3.63) is 29.3 Å². The van der Waals surface area contributed by atoms with Gasteiger partial charge in [0.05, 0.1) is 0 Å². The van der Waals surface area contributed by atoms with Crippen LogP contribution in [0.3, 0.4) is 0 Å². The van der Waals surface area contributed by atoms with Crippen molar-refractivity contribution in [1.82, 2.24) is 4.90 Å². The van der Waals surface area contributed by atoms with Crippen molar-refractivity contribution in [3.63, 3.8) is 0 Å². The highest BCUT2D eigenvalue weighted by atomic mass is 16.5. The van der Waals surface area contributed by atoms with Crippen LogP contribution in [0.4, 0.5) is 0 Å². The summed E-state index contributed by atoms with van der Waals surface area (Å²) in [5, 5.41) is 9.44. The highest BCUT2D eigenvalue weighted by Gasteiger charge is 2.38. The molecule has 0 amide bonds. The van der Waals surface area contributed by atoms with Crippen molar-refractivity contribution in [2.45, 2.75) is 51.8 Å². The molecule has 4 heteroatoms. The number of ether oxygens (including phenoxy) is 1. The molecule has 0 saturated carbocycles. The minimum atomic E-state index is -0.714. The molecule has 0 bridgehead atoms. The second kappa shape index (κ2) is 5.02. The molecule has 2 aliphatic heterocycles. The second-order valence-corrected chi connectivity index (χ2v) is 6.96. The number of fused-ring (bicyclic) bond motifs is 1. The van der Waals surface area contributed by atoms with Crippen molar-refractivity contribution in [1.29, 1.82) is 0 Å². The Bertz CT molecular complexity index is 567. The first kappa shape index (κ1) is 14.4. The van der Waals surface area contributed by atoms with Gasteiger partial charge in [0.2, 0.25) is 0 Å². The van der Waals surface area contributed by atoms with Gasteiger partial charge in [0.25, 0.3) is 0 Å². The minimum absolute atomic E-state index is 0.164. The van der Waals surface area contributed by atoms with Crippen LogP contribution in [-0.2, 0) is 17.8 Å². The van der Waals surface area contributed by atoms with Crippen LogP contribution in [0.1, 0.15) is 38.3 Å². The van der Waals surface area contributed by atoms with Gasteiger partial charge in [0.1, 0.15) is 17.4 Å². The zero-order chi connectivity index (χ0) is 15.2. The Labute approximate surface area is 125 Å². The Morgan fingerprint density at radius 1 is 1.48 bits per heavy atom. The number of hydrogen-bond acceptors (Lipinski definition) is 3. The maximum atomic E-state index is 11.5.